The van der Waals surface area contributed by atoms with E-state index in [0.29, 0.717) is 11.5 Å². The highest BCUT2D eigenvalue weighted by Gasteiger charge is 2.20. The molecule has 0 spiro atoms. The van der Waals surface area contributed by atoms with E-state index in [1.807, 2.05) is 60.7 Å². The molecule has 2 aromatic heterocycles. The number of benzene rings is 2. The fourth-order valence-electron chi connectivity index (χ4n) is 3.16. The zero-order chi connectivity index (χ0) is 19.0. The SMILES string of the molecule is Cc1nnc2c(C#N)c(C(=O)O)cc(-c3ccc(-c4ccccc4)cc3)n12. The van der Waals surface area contributed by atoms with Gasteiger partial charge >= 0.3 is 5.97 Å². The van der Waals surface area contributed by atoms with Crippen LogP contribution in [-0.4, -0.2) is 25.7 Å². The third-order valence-corrected chi connectivity index (χ3v) is 4.47. The van der Waals surface area contributed by atoms with E-state index in [2.05, 4.69) is 10.2 Å². The van der Waals surface area contributed by atoms with Gasteiger partial charge in [-0.05, 0) is 29.7 Å². The molecular formula is C21H14N4O2. The average molecular weight is 354 g/mol. The maximum absolute atomic E-state index is 11.6. The average Bonchev–Trinajstić information content (AvgIpc) is 3.09. The largest absolute Gasteiger partial charge is 0.478 e. The third kappa shape index (κ3) is 2.71. The Balaban J connectivity index is 1.93. The Bertz CT molecular complexity index is 1200. The van der Waals surface area contributed by atoms with Crippen LogP contribution < -0.4 is 0 Å². The maximum atomic E-state index is 11.6. The Kier molecular flexibility index (Phi) is 3.90. The quantitative estimate of drug-likeness (QED) is 0.602. The molecule has 0 radical (unpaired) electrons. The van der Waals surface area contributed by atoms with Crippen molar-refractivity contribution < 1.29 is 9.90 Å². The number of carbonyl (C=O) groups is 1. The summed E-state index contributed by atoms with van der Waals surface area (Å²) in [5.74, 6) is -0.586. The number of carboxylic acid groups (broad SMARTS) is 1. The van der Waals surface area contributed by atoms with E-state index in [-0.39, 0.29) is 16.8 Å². The highest BCUT2D eigenvalue weighted by molar-refractivity contribution is 5.94. The van der Waals surface area contributed by atoms with Gasteiger partial charge in [-0.3, -0.25) is 4.40 Å². The number of pyridine rings is 1. The Morgan fingerprint density at radius 3 is 2.26 bits per heavy atom. The van der Waals surface area contributed by atoms with Crippen molar-refractivity contribution in [3.8, 4) is 28.5 Å². The predicted octanol–water partition coefficient (Wildman–Crippen LogP) is 3.94. The number of aromatic nitrogens is 3. The standard InChI is InChI=1S/C21H14N4O2/c1-13-23-24-20-18(12-22)17(21(26)27)11-19(25(13)20)16-9-7-15(8-10-16)14-5-3-2-4-6-14/h2-11H,1H3,(H,26,27). The Morgan fingerprint density at radius 1 is 1.00 bits per heavy atom. The van der Waals surface area contributed by atoms with Gasteiger partial charge < -0.3 is 5.11 Å². The third-order valence-electron chi connectivity index (χ3n) is 4.47. The summed E-state index contributed by atoms with van der Waals surface area (Å²) in [6.45, 7) is 1.77. The van der Waals surface area contributed by atoms with Crippen molar-refractivity contribution >= 4 is 11.6 Å². The van der Waals surface area contributed by atoms with Gasteiger partial charge in [0.2, 0.25) is 0 Å². The van der Waals surface area contributed by atoms with E-state index in [1.54, 1.807) is 11.3 Å². The molecule has 0 fully saturated rings. The molecule has 130 valence electrons. The molecule has 4 rings (SSSR count). The molecule has 4 aromatic rings. The van der Waals surface area contributed by atoms with E-state index in [4.69, 9.17) is 0 Å². The topological polar surface area (TPSA) is 91.3 Å². The smallest absolute Gasteiger partial charge is 0.337 e. The van der Waals surface area contributed by atoms with Crippen LogP contribution in [-0.2, 0) is 0 Å². The van der Waals surface area contributed by atoms with Crippen molar-refractivity contribution in [3.05, 3.63) is 77.6 Å². The molecule has 0 atom stereocenters. The molecule has 0 aliphatic carbocycles. The minimum Gasteiger partial charge on any atom is -0.478 e. The van der Waals surface area contributed by atoms with Crippen LogP contribution in [0, 0.1) is 18.3 Å². The summed E-state index contributed by atoms with van der Waals surface area (Å²) < 4.78 is 1.71. The highest BCUT2D eigenvalue weighted by atomic mass is 16.4. The minimum absolute atomic E-state index is 0.00718. The number of nitrogens with zero attached hydrogens (tertiary/aromatic N) is 4. The fraction of sp³-hybridized carbons (Fsp3) is 0.0476. The Labute approximate surface area is 155 Å². The van der Waals surface area contributed by atoms with Gasteiger partial charge in [0.15, 0.2) is 5.65 Å². The zero-order valence-corrected chi connectivity index (χ0v) is 14.4. The van der Waals surface area contributed by atoms with Gasteiger partial charge in [0.25, 0.3) is 0 Å². The van der Waals surface area contributed by atoms with Crippen LogP contribution >= 0.6 is 0 Å². The van der Waals surface area contributed by atoms with Gasteiger partial charge in [0.05, 0.1) is 11.3 Å². The van der Waals surface area contributed by atoms with Crippen LogP contribution in [0.1, 0.15) is 21.7 Å². The van der Waals surface area contributed by atoms with Crippen LogP contribution in [0.5, 0.6) is 0 Å². The number of aromatic carboxylic acids is 1. The lowest BCUT2D eigenvalue weighted by Crippen LogP contribution is -2.06. The van der Waals surface area contributed by atoms with Gasteiger partial charge in [-0.1, -0.05) is 54.6 Å². The first-order valence-electron chi connectivity index (χ1n) is 8.28. The first kappa shape index (κ1) is 16.5. The van der Waals surface area contributed by atoms with Crippen molar-refractivity contribution in [3.63, 3.8) is 0 Å². The summed E-state index contributed by atoms with van der Waals surface area (Å²) in [4.78, 5) is 11.6. The van der Waals surface area contributed by atoms with Crippen LogP contribution in [0.15, 0.2) is 60.7 Å². The highest BCUT2D eigenvalue weighted by Crippen LogP contribution is 2.29. The van der Waals surface area contributed by atoms with Crippen LogP contribution in [0.25, 0.3) is 28.0 Å². The fourth-order valence-corrected chi connectivity index (χ4v) is 3.16. The molecule has 0 aliphatic rings. The van der Waals surface area contributed by atoms with E-state index >= 15 is 0 Å². The molecule has 0 amide bonds. The lowest BCUT2D eigenvalue weighted by Gasteiger charge is -2.11. The minimum atomic E-state index is -1.17. The van der Waals surface area contributed by atoms with Crippen molar-refractivity contribution in [2.45, 2.75) is 6.92 Å². The molecule has 0 saturated carbocycles. The lowest BCUT2D eigenvalue weighted by molar-refractivity contribution is 0.0696. The van der Waals surface area contributed by atoms with Gasteiger partial charge in [0, 0.05) is 0 Å². The number of nitriles is 1. The number of carboxylic acids is 1. The van der Waals surface area contributed by atoms with Gasteiger partial charge in [-0.25, -0.2) is 4.79 Å². The molecule has 6 nitrogen and oxygen atoms in total. The monoisotopic (exact) mass is 354 g/mol. The maximum Gasteiger partial charge on any atom is 0.337 e. The second-order valence-electron chi connectivity index (χ2n) is 6.08. The summed E-state index contributed by atoms with van der Waals surface area (Å²) in [6, 6.07) is 21.2. The number of rotatable bonds is 3. The van der Waals surface area contributed by atoms with Gasteiger partial charge in [0.1, 0.15) is 17.5 Å². The summed E-state index contributed by atoms with van der Waals surface area (Å²) >= 11 is 0. The number of hydrogen-bond acceptors (Lipinski definition) is 4. The molecular weight excluding hydrogens is 340 g/mol. The van der Waals surface area contributed by atoms with Crippen LogP contribution in [0.2, 0.25) is 0 Å². The lowest BCUT2D eigenvalue weighted by atomic mass is 10.0. The molecule has 2 aromatic carbocycles. The Morgan fingerprint density at radius 2 is 1.63 bits per heavy atom. The Hall–Kier alpha value is -3.98. The van der Waals surface area contributed by atoms with E-state index < -0.39 is 5.97 Å². The first-order valence-corrected chi connectivity index (χ1v) is 8.28. The normalized spacial score (nSPS) is 10.7. The van der Waals surface area contributed by atoms with Crippen molar-refractivity contribution in [2.24, 2.45) is 0 Å². The summed E-state index contributed by atoms with van der Waals surface area (Å²) in [6.07, 6.45) is 0. The van der Waals surface area contributed by atoms with Gasteiger partial charge in [-0.2, -0.15) is 5.26 Å². The molecule has 0 bridgehead atoms. The number of fused-ring (bicyclic) bond motifs is 1. The molecule has 0 saturated heterocycles. The van der Waals surface area contributed by atoms with E-state index in [1.165, 1.54) is 6.07 Å². The predicted molar refractivity (Wildman–Crippen MR) is 100 cm³/mol. The summed E-state index contributed by atoms with van der Waals surface area (Å²) in [5.41, 5.74) is 3.77. The zero-order valence-electron chi connectivity index (χ0n) is 14.4. The van der Waals surface area contributed by atoms with Crippen LogP contribution in [0.3, 0.4) is 0 Å². The summed E-state index contributed by atoms with van der Waals surface area (Å²) in [7, 11) is 0. The molecule has 0 aliphatic heterocycles. The number of hydrogen-bond donors (Lipinski definition) is 1. The molecule has 2 heterocycles. The number of aryl methyl sites for hydroxylation is 1. The van der Waals surface area contributed by atoms with Crippen molar-refractivity contribution in [1.82, 2.24) is 14.6 Å². The van der Waals surface area contributed by atoms with E-state index in [0.717, 1.165) is 16.7 Å². The summed E-state index contributed by atoms with van der Waals surface area (Å²) in [5, 5.41) is 27.0. The van der Waals surface area contributed by atoms with Crippen molar-refractivity contribution in [2.75, 3.05) is 0 Å². The van der Waals surface area contributed by atoms with Gasteiger partial charge in [-0.15, -0.1) is 10.2 Å². The van der Waals surface area contributed by atoms with Crippen molar-refractivity contribution in [1.29, 1.82) is 5.26 Å². The second-order valence-corrected chi connectivity index (χ2v) is 6.08. The van der Waals surface area contributed by atoms with E-state index in [9.17, 15) is 15.2 Å². The molecule has 27 heavy (non-hydrogen) atoms. The second kappa shape index (κ2) is 6.39. The molecule has 6 heteroatoms. The first-order chi connectivity index (χ1) is 13.1. The molecule has 1 N–H and O–H groups in total. The molecule has 0 unspecified atom stereocenters. The van der Waals surface area contributed by atoms with Crippen LogP contribution in [0.4, 0.5) is 0 Å².